The predicted octanol–water partition coefficient (Wildman–Crippen LogP) is 2.25. The number of aromatic nitrogens is 2. The van der Waals surface area contributed by atoms with Gasteiger partial charge in [0.2, 0.25) is 5.90 Å². The minimum Gasteiger partial charge on any atom is -0.402 e. The maximum Gasteiger partial charge on any atom is 0.363 e. The summed E-state index contributed by atoms with van der Waals surface area (Å²) in [5.41, 5.74) is 4.72. The molecule has 1 aromatic heterocycles. The van der Waals surface area contributed by atoms with Crippen molar-refractivity contribution < 1.29 is 9.53 Å². The number of esters is 1. The lowest BCUT2D eigenvalue weighted by molar-refractivity contribution is -0.129. The number of aryl methyl sites for hydroxylation is 3. The fraction of sp³-hybridized carbons (Fsp3) is 0.235. The molecule has 0 spiro atoms. The van der Waals surface area contributed by atoms with Gasteiger partial charge in [-0.1, -0.05) is 6.07 Å². The van der Waals surface area contributed by atoms with Crippen molar-refractivity contribution in [1.82, 2.24) is 9.78 Å². The fourth-order valence-corrected chi connectivity index (χ4v) is 2.91. The Bertz CT molecular complexity index is 830. The third-order valence-electron chi connectivity index (χ3n) is 3.99. The quantitative estimate of drug-likeness (QED) is 0.630. The molecule has 5 nitrogen and oxygen atoms in total. The Labute approximate surface area is 127 Å². The van der Waals surface area contributed by atoms with Crippen molar-refractivity contribution >= 4 is 17.9 Å². The Morgan fingerprint density at radius 1 is 1.27 bits per heavy atom. The van der Waals surface area contributed by atoms with Gasteiger partial charge in [0.05, 0.1) is 6.20 Å². The second kappa shape index (κ2) is 4.94. The number of carbonyl (C=O) groups excluding carboxylic acids is 1. The van der Waals surface area contributed by atoms with Crippen molar-refractivity contribution in [3.63, 3.8) is 0 Å². The van der Waals surface area contributed by atoms with Gasteiger partial charge in [-0.2, -0.15) is 5.10 Å². The number of hydrogen-bond acceptors (Lipinski definition) is 4. The number of carbonyl (C=O) groups is 1. The van der Waals surface area contributed by atoms with E-state index >= 15 is 0 Å². The van der Waals surface area contributed by atoms with E-state index in [-0.39, 0.29) is 0 Å². The summed E-state index contributed by atoms with van der Waals surface area (Å²) in [5, 5.41) is 4.07. The molecule has 0 N–H and O–H groups in total. The van der Waals surface area contributed by atoms with Gasteiger partial charge in [0.25, 0.3) is 0 Å². The van der Waals surface area contributed by atoms with E-state index in [2.05, 4.69) is 22.2 Å². The number of ether oxygens (including phenoxy) is 1. The number of benzene rings is 1. The summed E-state index contributed by atoms with van der Waals surface area (Å²) in [5.74, 6) is -0.0332. The van der Waals surface area contributed by atoms with Crippen LogP contribution in [-0.4, -0.2) is 21.6 Å². The highest BCUT2D eigenvalue weighted by Crippen LogP contribution is 2.25. The van der Waals surface area contributed by atoms with Crippen LogP contribution in [0.1, 0.15) is 28.7 Å². The van der Waals surface area contributed by atoms with Crippen LogP contribution in [0.2, 0.25) is 0 Å². The van der Waals surface area contributed by atoms with E-state index in [1.54, 1.807) is 17.0 Å². The Kier molecular flexibility index (Phi) is 2.92. The van der Waals surface area contributed by atoms with E-state index in [0.29, 0.717) is 11.6 Å². The van der Waals surface area contributed by atoms with Gasteiger partial charge < -0.3 is 4.74 Å². The summed E-state index contributed by atoms with van der Waals surface area (Å²) in [6.07, 6.45) is 8.61. The first kappa shape index (κ1) is 13.0. The monoisotopic (exact) mass is 293 g/mol. The molecule has 2 aromatic rings. The van der Waals surface area contributed by atoms with Crippen LogP contribution >= 0.6 is 0 Å². The van der Waals surface area contributed by atoms with Crippen molar-refractivity contribution in [3.05, 3.63) is 58.5 Å². The molecule has 1 aromatic carbocycles. The first-order chi connectivity index (χ1) is 10.7. The van der Waals surface area contributed by atoms with Gasteiger partial charge in [0.15, 0.2) is 5.70 Å². The van der Waals surface area contributed by atoms with E-state index < -0.39 is 5.97 Å². The molecular formula is C17H15N3O2. The Morgan fingerprint density at radius 2 is 2.14 bits per heavy atom. The van der Waals surface area contributed by atoms with E-state index in [0.717, 1.165) is 24.0 Å². The number of cyclic esters (lactones) is 1. The molecule has 0 saturated heterocycles. The number of hydrogen-bond donors (Lipinski definition) is 0. The van der Waals surface area contributed by atoms with Crippen LogP contribution < -0.4 is 0 Å². The molecule has 0 fully saturated rings. The zero-order valence-electron chi connectivity index (χ0n) is 12.2. The van der Waals surface area contributed by atoms with Crippen molar-refractivity contribution in [1.29, 1.82) is 0 Å². The molecule has 0 radical (unpaired) electrons. The van der Waals surface area contributed by atoms with E-state index in [1.165, 1.54) is 17.5 Å². The Morgan fingerprint density at radius 3 is 2.95 bits per heavy atom. The van der Waals surface area contributed by atoms with Crippen LogP contribution in [-0.2, 0) is 29.4 Å². The van der Waals surface area contributed by atoms with Gasteiger partial charge >= 0.3 is 5.97 Å². The van der Waals surface area contributed by atoms with Gasteiger partial charge in [0, 0.05) is 24.4 Å². The summed E-state index contributed by atoms with van der Waals surface area (Å²) < 4.78 is 6.99. The lowest BCUT2D eigenvalue weighted by atomic mass is 10.1. The summed E-state index contributed by atoms with van der Waals surface area (Å²) in [6, 6.07) is 6.17. The zero-order chi connectivity index (χ0) is 15.1. The number of aliphatic imine (C=N–C) groups is 1. The standard InChI is InChI=1S/C17H15N3O2/c1-20-10-11(9-18-20)7-15-17(21)22-16(19-15)14-6-5-12-3-2-4-13(12)8-14/h5-10H,2-4H2,1H3. The molecule has 0 unspecified atom stereocenters. The number of fused-ring (bicyclic) bond motifs is 1. The van der Waals surface area contributed by atoms with Crippen LogP contribution in [0.25, 0.3) is 6.08 Å². The summed E-state index contributed by atoms with van der Waals surface area (Å²) in [4.78, 5) is 16.3. The predicted molar refractivity (Wildman–Crippen MR) is 82.3 cm³/mol. The van der Waals surface area contributed by atoms with Gasteiger partial charge in [0.1, 0.15) is 0 Å². The lowest BCUT2D eigenvalue weighted by Crippen LogP contribution is -2.05. The second-order valence-electron chi connectivity index (χ2n) is 5.62. The number of rotatable bonds is 2. The van der Waals surface area contributed by atoms with Crippen molar-refractivity contribution in [2.24, 2.45) is 12.0 Å². The molecule has 2 heterocycles. The Balaban J connectivity index is 1.67. The highest BCUT2D eigenvalue weighted by atomic mass is 16.6. The average molecular weight is 293 g/mol. The molecule has 1 aliphatic heterocycles. The van der Waals surface area contributed by atoms with Crippen LogP contribution in [0.4, 0.5) is 0 Å². The molecular weight excluding hydrogens is 278 g/mol. The van der Waals surface area contributed by atoms with Gasteiger partial charge in [-0.15, -0.1) is 0 Å². The third-order valence-corrected chi connectivity index (χ3v) is 3.99. The van der Waals surface area contributed by atoms with Gasteiger partial charge in [-0.3, -0.25) is 4.68 Å². The highest BCUT2D eigenvalue weighted by molar-refractivity contribution is 6.12. The van der Waals surface area contributed by atoms with Crippen molar-refractivity contribution in [2.45, 2.75) is 19.3 Å². The first-order valence-corrected chi connectivity index (χ1v) is 7.32. The number of nitrogens with zero attached hydrogens (tertiary/aromatic N) is 3. The fourth-order valence-electron chi connectivity index (χ4n) is 2.91. The van der Waals surface area contributed by atoms with Gasteiger partial charge in [-0.05, 0) is 48.6 Å². The van der Waals surface area contributed by atoms with Crippen LogP contribution in [0.15, 0.2) is 41.3 Å². The van der Waals surface area contributed by atoms with Gasteiger partial charge in [-0.25, -0.2) is 9.79 Å². The molecule has 2 aliphatic rings. The Hall–Kier alpha value is -2.69. The molecule has 22 heavy (non-hydrogen) atoms. The largest absolute Gasteiger partial charge is 0.402 e. The average Bonchev–Trinajstić information content (AvgIpc) is 3.20. The maximum atomic E-state index is 12.0. The third kappa shape index (κ3) is 2.24. The molecule has 0 saturated carbocycles. The van der Waals surface area contributed by atoms with Crippen LogP contribution in [0, 0.1) is 0 Å². The smallest absolute Gasteiger partial charge is 0.363 e. The summed E-state index contributed by atoms with van der Waals surface area (Å²) in [6.45, 7) is 0. The minimum atomic E-state index is -0.417. The topological polar surface area (TPSA) is 56.5 Å². The molecule has 0 amide bonds. The van der Waals surface area contributed by atoms with Crippen molar-refractivity contribution in [2.75, 3.05) is 0 Å². The van der Waals surface area contributed by atoms with Crippen LogP contribution in [0.3, 0.4) is 0 Å². The van der Waals surface area contributed by atoms with E-state index in [4.69, 9.17) is 4.74 Å². The van der Waals surface area contributed by atoms with E-state index in [9.17, 15) is 4.79 Å². The molecule has 0 atom stereocenters. The van der Waals surface area contributed by atoms with Crippen LogP contribution in [0.5, 0.6) is 0 Å². The normalized spacial score (nSPS) is 18.5. The maximum absolute atomic E-state index is 12.0. The minimum absolute atomic E-state index is 0.309. The molecule has 4 rings (SSSR count). The first-order valence-electron chi connectivity index (χ1n) is 7.32. The highest BCUT2D eigenvalue weighted by Gasteiger charge is 2.25. The summed E-state index contributed by atoms with van der Waals surface area (Å²) in [7, 11) is 1.83. The zero-order valence-corrected chi connectivity index (χ0v) is 12.2. The van der Waals surface area contributed by atoms with Crippen molar-refractivity contribution in [3.8, 4) is 0 Å². The molecule has 0 bridgehead atoms. The molecule has 5 heteroatoms. The SMILES string of the molecule is Cn1cc(C=C2N=C(c3ccc4c(c3)CCC4)OC2=O)cn1. The summed E-state index contributed by atoms with van der Waals surface area (Å²) >= 11 is 0. The van der Waals surface area contributed by atoms with E-state index in [1.807, 2.05) is 19.3 Å². The second-order valence-corrected chi connectivity index (χ2v) is 5.62. The molecule has 1 aliphatic carbocycles. The lowest BCUT2D eigenvalue weighted by Gasteiger charge is -2.03. The molecule has 110 valence electrons.